The van der Waals surface area contributed by atoms with Gasteiger partial charge in [0, 0.05) is 37.8 Å². The average molecular weight is 434 g/mol. The lowest BCUT2D eigenvalue weighted by Crippen LogP contribution is -2.38. The summed E-state index contributed by atoms with van der Waals surface area (Å²) in [5.74, 6) is -0.450. The zero-order valence-corrected chi connectivity index (χ0v) is 18.2. The molecule has 0 radical (unpaired) electrons. The first-order chi connectivity index (χ1) is 14.4. The molecule has 0 aromatic heterocycles. The Labute approximate surface area is 178 Å². The third kappa shape index (κ3) is 4.54. The van der Waals surface area contributed by atoms with Gasteiger partial charge in [-0.3, -0.25) is 9.59 Å². The molecule has 30 heavy (non-hydrogen) atoms. The monoisotopic (exact) mass is 433 g/mol. The molecule has 3 aliphatic rings. The predicted octanol–water partition coefficient (Wildman–Crippen LogP) is 2.98. The van der Waals surface area contributed by atoms with E-state index in [0.717, 1.165) is 44.9 Å². The van der Waals surface area contributed by atoms with Gasteiger partial charge in [-0.2, -0.15) is 4.31 Å². The zero-order valence-electron chi connectivity index (χ0n) is 17.4. The van der Waals surface area contributed by atoms with E-state index in [4.69, 9.17) is 0 Å². The molecule has 8 heteroatoms. The van der Waals surface area contributed by atoms with Gasteiger partial charge in [0.1, 0.15) is 0 Å². The lowest BCUT2D eigenvalue weighted by atomic mass is 9.94. The summed E-state index contributed by atoms with van der Waals surface area (Å²) in [6, 6.07) is 6.64. The molecule has 0 unspecified atom stereocenters. The van der Waals surface area contributed by atoms with E-state index in [2.05, 4.69) is 5.32 Å². The normalized spacial score (nSPS) is 24.2. The van der Waals surface area contributed by atoms with Crippen LogP contribution >= 0.6 is 0 Å². The highest BCUT2D eigenvalue weighted by atomic mass is 32.2. The van der Waals surface area contributed by atoms with Gasteiger partial charge in [-0.05, 0) is 49.9 Å². The third-order valence-corrected chi connectivity index (χ3v) is 8.53. The highest BCUT2D eigenvalue weighted by Gasteiger charge is 2.38. The Morgan fingerprint density at radius 1 is 0.933 bits per heavy atom. The topological polar surface area (TPSA) is 86.8 Å². The fourth-order valence-corrected chi connectivity index (χ4v) is 6.38. The number of nitrogens with one attached hydrogen (secondary N) is 1. The number of amides is 2. The van der Waals surface area contributed by atoms with E-state index in [0.29, 0.717) is 25.3 Å². The molecular weight excluding hydrogens is 402 g/mol. The van der Waals surface area contributed by atoms with Crippen molar-refractivity contribution in [2.45, 2.75) is 68.7 Å². The molecule has 1 aromatic rings. The van der Waals surface area contributed by atoms with Crippen LogP contribution in [0.25, 0.3) is 0 Å². The van der Waals surface area contributed by atoms with Crippen LogP contribution in [0.15, 0.2) is 29.2 Å². The van der Waals surface area contributed by atoms with Crippen LogP contribution in [0.5, 0.6) is 0 Å². The number of hydrogen-bond acceptors (Lipinski definition) is 4. The van der Waals surface area contributed by atoms with Crippen molar-refractivity contribution in [1.29, 1.82) is 0 Å². The molecule has 4 rings (SSSR count). The van der Waals surface area contributed by atoms with Crippen molar-refractivity contribution >= 4 is 27.5 Å². The maximum atomic E-state index is 12.7. The molecular formula is C22H31N3O4S. The third-order valence-electron chi connectivity index (χ3n) is 6.62. The van der Waals surface area contributed by atoms with Crippen molar-refractivity contribution in [1.82, 2.24) is 9.21 Å². The van der Waals surface area contributed by atoms with E-state index >= 15 is 0 Å². The summed E-state index contributed by atoms with van der Waals surface area (Å²) in [5, 5.41) is 2.86. The van der Waals surface area contributed by atoms with E-state index in [-0.39, 0.29) is 35.1 Å². The van der Waals surface area contributed by atoms with Crippen LogP contribution < -0.4 is 5.32 Å². The van der Waals surface area contributed by atoms with Crippen molar-refractivity contribution in [2.75, 3.05) is 25.0 Å². The number of nitrogens with zero attached hydrogens (tertiary/aromatic N) is 2. The Bertz CT molecular complexity index is 872. The van der Waals surface area contributed by atoms with Gasteiger partial charge in [-0.1, -0.05) is 25.7 Å². The fourth-order valence-electron chi connectivity index (χ4n) is 4.86. The molecule has 1 aromatic carbocycles. The van der Waals surface area contributed by atoms with Crippen molar-refractivity contribution in [3.8, 4) is 0 Å². The van der Waals surface area contributed by atoms with Crippen LogP contribution in [0, 0.1) is 5.92 Å². The minimum Gasteiger partial charge on any atom is -0.339 e. The van der Waals surface area contributed by atoms with Crippen molar-refractivity contribution in [2.24, 2.45) is 5.92 Å². The van der Waals surface area contributed by atoms with Crippen LogP contribution in [-0.4, -0.2) is 55.1 Å². The van der Waals surface area contributed by atoms with E-state index < -0.39 is 10.0 Å². The van der Waals surface area contributed by atoms with Crippen LogP contribution in [0.2, 0.25) is 0 Å². The average Bonchev–Trinajstić information content (AvgIpc) is 3.17. The first-order valence-electron chi connectivity index (χ1n) is 11.2. The summed E-state index contributed by atoms with van der Waals surface area (Å²) in [6.07, 6.45) is 8.71. The van der Waals surface area contributed by atoms with E-state index in [1.165, 1.54) is 10.7 Å². The molecule has 2 saturated heterocycles. The van der Waals surface area contributed by atoms with E-state index in [1.54, 1.807) is 24.3 Å². The smallest absolute Gasteiger partial charge is 0.243 e. The van der Waals surface area contributed by atoms with Gasteiger partial charge in [0.2, 0.25) is 21.8 Å². The van der Waals surface area contributed by atoms with Crippen molar-refractivity contribution in [3.05, 3.63) is 24.3 Å². The van der Waals surface area contributed by atoms with Gasteiger partial charge >= 0.3 is 0 Å². The van der Waals surface area contributed by atoms with Gasteiger partial charge in [0.15, 0.2) is 0 Å². The Morgan fingerprint density at radius 3 is 2.23 bits per heavy atom. The first kappa shape index (κ1) is 21.3. The molecule has 1 aliphatic carbocycles. The molecule has 0 bridgehead atoms. The van der Waals surface area contributed by atoms with Crippen LogP contribution in [0.4, 0.5) is 5.69 Å². The number of hydrogen-bond donors (Lipinski definition) is 1. The number of anilines is 1. The Hall–Kier alpha value is -1.93. The molecule has 1 atom stereocenters. The lowest BCUT2D eigenvalue weighted by molar-refractivity contribution is -0.130. The summed E-state index contributed by atoms with van der Waals surface area (Å²) in [4.78, 5) is 27.3. The zero-order chi connectivity index (χ0) is 21.1. The second-order valence-electron chi connectivity index (χ2n) is 8.72. The minimum atomic E-state index is -3.48. The summed E-state index contributed by atoms with van der Waals surface area (Å²) >= 11 is 0. The summed E-state index contributed by atoms with van der Waals surface area (Å²) in [5.41, 5.74) is 0.557. The molecule has 1 saturated carbocycles. The number of piperidine rings is 1. The SMILES string of the molecule is O=C(Nc1ccc(S(=O)(=O)N2CCCCC2)cc1)[C@@H]1CC(=O)N(C2CCCCC2)C1. The lowest BCUT2D eigenvalue weighted by Gasteiger charge is -2.31. The fraction of sp³-hybridized carbons (Fsp3) is 0.636. The Balaban J connectivity index is 1.36. The van der Waals surface area contributed by atoms with E-state index in [1.807, 2.05) is 4.90 Å². The summed E-state index contributed by atoms with van der Waals surface area (Å²) in [6.45, 7) is 1.61. The summed E-state index contributed by atoms with van der Waals surface area (Å²) in [7, 11) is -3.48. The highest BCUT2D eigenvalue weighted by molar-refractivity contribution is 7.89. The standard InChI is InChI=1S/C22H31N3O4S/c26-21-15-17(16-25(21)19-7-3-1-4-8-19)22(27)23-18-9-11-20(12-10-18)30(28,29)24-13-5-2-6-14-24/h9-12,17,19H,1-8,13-16H2,(H,23,27)/t17-/m1/s1. The molecule has 2 aliphatic heterocycles. The second kappa shape index (κ2) is 9.06. The number of carbonyl (C=O) groups excluding carboxylic acids is 2. The Morgan fingerprint density at radius 2 is 1.57 bits per heavy atom. The van der Waals surface area contributed by atoms with Gasteiger partial charge in [0.25, 0.3) is 0 Å². The first-order valence-corrected chi connectivity index (χ1v) is 12.6. The molecule has 1 N–H and O–H groups in total. The van der Waals surface area contributed by atoms with Crippen LogP contribution in [0.3, 0.4) is 0 Å². The van der Waals surface area contributed by atoms with Gasteiger partial charge in [-0.25, -0.2) is 8.42 Å². The second-order valence-corrected chi connectivity index (χ2v) is 10.7. The molecule has 3 fully saturated rings. The van der Waals surface area contributed by atoms with Crippen LogP contribution in [0.1, 0.15) is 57.8 Å². The van der Waals surface area contributed by atoms with Gasteiger partial charge < -0.3 is 10.2 Å². The largest absolute Gasteiger partial charge is 0.339 e. The number of likely N-dealkylation sites (tertiary alicyclic amines) is 1. The van der Waals surface area contributed by atoms with Gasteiger partial charge in [-0.15, -0.1) is 0 Å². The number of sulfonamides is 1. The van der Waals surface area contributed by atoms with Crippen molar-refractivity contribution in [3.63, 3.8) is 0 Å². The maximum absolute atomic E-state index is 12.7. The molecule has 2 heterocycles. The molecule has 2 amide bonds. The molecule has 164 valence electrons. The van der Waals surface area contributed by atoms with E-state index in [9.17, 15) is 18.0 Å². The summed E-state index contributed by atoms with van der Waals surface area (Å²) < 4.78 is 27.0. The quantitative estimate of drug-likeness (QED) is 0.773. The molecule has 7 nitrogen and oxygen atoms in total. The number of rotatable bonds is 5. The number of benzene rings is 1. The minimum absolute atomic E-state index is 0.0741. The Kier molecular flexibility index (Phi) is 6.43. The van der Waals surface area contributed by atoms with Crippen LogP contribution in [-0.2, 0) is 19.6 Å². The van der Waals surface area contributed by atoms with Crippen molar-refractivity contribution < 1.29 is 18.0 Å². The van der Waals surface area contributed by atoms with Gasteiger partial charge in [0.05, 0.1) is 10.8 Å². The highest BCUT2D eigenvalue weighted by Crippen LogP contribution is 2.29. The molecule has 0 spiro atoms. The predicted molar refractivity (Wildman–Crippen MR) is 114 cm³/mol. The maximum Gasteiger partial charge on any atom is 0.243 e. The number of carbonyl (C=O) groups is 2.